The van der Waals surface area contributed by atoms with E-state index < -0.39 is 5.92 Å². The lowest BCUT2D eigenvalue weighted by atomic mass is 9.87. The van der Waals surface area contributed by atoms with Gasteiger partial charge in [-0.3, -0.25) is 0 Å². The molecule has 1 aliphatic heterocycles. The first-order valence-electron chi connectivity index (χ1n) is 7.64. The average Bonchev–Trinajstić information content (AvgIpc) is 2.96. The van der Waals surface area contributed by atoms with Crippen molar-refractivity contribution in [3.8, 4) is 11.3 Å². The van der Waals surface area contributed by atoms with Crippen LogP contribution < -0.4 is 10.6 Å². The predicted octanol–water partition coefficient (Wildman–Crippen LogP) is 2.40. The molecule has 1 aliphatic carbocycles. The average molecular weight is 350 g/mol. The minimum atomic E-state index is -2.55. The Balaban J connectivity index is 1.75. The van der Waals surface area contributed by atoms with Gasteiger partial charge in [0.05, 0.1) is 5.69 Å². The number of halogens is 2. The molecule has 0 radical (unpaired) electrons. The lowest BCUT2D eigenvalue weighted by molar-refractivity contribution is -0.0855. The molecule has 1 fully saturated rings. The Morgan fingerprint density at radius 2 is 1.96 bits per heavy atom. The largest absolute Gasteiger partial charge is 0.368 e. The van der Waals surface area contributed by atoms with Gasteiger partial charge in [-0.25, -0.2) is 28.7 Å². The summed E-state index contributed by atoms with van der Waals surface area (Å²) in [7, 11) is 0. The topological polar surface area (TPSA) is 80.8 Å². The zero-order valence-corrected chi connectivity index (χ0v) is 13.9. The fourth-order valence-electron chi connectivity index (χ4n) is 3.25. The Morgan fingerprint density at radius 1 is 1.25 bits per heavy atom. The number of anilines is 2. The van der Waals surface area contributed by atoms with Crippen LogP contribution in [0.4, 0.5) is 20.5 Å². The smallest absolute Gasteiger partial charge is 0.252 e. The summed E-state index contributed by atoms with van der Waals surface area (Å²) in [6, 6.07) is -0.152. The van der Waals surface area contributed by atoms with E-state index in [4.69, 9.17) is 5.73 Å². The Kier molecular flexibility index (Phi) is 3.56. The van der Waals surface area contributed by atoms with E-state index in [1.807, 2.05) is 11.2 Å². The first-order chi connectivity index (χ1) is 11.5. The molecule has 0 bridgehead atoms. The monoisotopic (exact) mass is 350 g/mol. The van der Waals surface area contributed by atoms with Gasteiger partial charge in [-0.15, -0.1) is 0 Å². The Labute approximate surface area is 141 Å². The van der Waals surface area contributed by atoms with Crippen LogP contribution in [0.5, 0.6) is 0 Å². The second-order valence-electron chi connectivity index (χ2n) is 6.05. The Bertz CT molecular complexity index is 774. The van der Waals surface area contributed by atoms with Gasteiger partial charge in [0, 0.05) is 48.9 Å². The summed E-state index contributed by atoms with van der Waals surface area (Å²) in [5, 5.41) is 0.610. The molecule has 2 N–H and O–H groups in total. The molecule has 0 amide bonds. The summed E-state index contributed by atoms with van der Waals surface area (Å²) in [5.74, 6) is -1.58. The van der Waals surface area contributed by atoms with Crippen LogP contribution in [0.3, 0.4) is 0 Å². The fourth-order valence-corrected chi connectivity index (χ4v) is 3.61. The highest BCUT2D eigenvalue weighted by Crippen LogP contribution is 2.45. The van der Waals surface area contributed by atoms with Gasteiger partial charge in [-0.1, -0.05) is 11.8 Å². The first-order valence-corrected chi connectivity index (χ1v) is 8.86. The number of alkyl halides is 2. The summed E-state index contributed by atoms with van der Waals surface area (Å²) in [5.41, 5.74) is 8.04. The highest BCUT2D eigenvalue weighted by molar-refractivity contribution is 7.98. The molecule has 2 aromatic rings. The van der Waals surface area contributed by atoms with Gasteiger partial charge in [0.25, 0.3) is 5.92 Å². The van der Waals surface area contributed by atoms with Crippen molar-refractivity contribution in [2.45, 2.75) is 36.4 Å². The van der Waals surface area contributed by atoms with E-state index in [9.17, 15) is 8.78 Å². The van der Waals surface area contributed by atoms with Gasteiger partial charge >= 0.3 is 0 Å². The minimum Gasteiger partial charge on any atom is -0.368 e. The number of rotatable bonds is 3. The molecule has 0 saturated heterocycles. The molecule has 6 nitrogen and oxygen atoms in total. The molecular formula is C15H16F2N6S. The third-order valence-electron chi connectivity index (χ3n) is 4.48. The summed E-state index contributed by atoms with van der Waals surface area (Å²) in [6.07, 6.45) is 5.68. The molecule has 24 heavy (non-hydrogen) atoms. The zero-order valence-electron chi connectivity index (χ0n) is 13.0. The van der Waals surface area contributed by atoms with E-state index >= 15 is 0 Å². The number of nitrogen functional groups attached to an aromatic ring is 1. The van der Waals surface area contributed by atoms with Crippen molar-refractivity contribution in [3.05, 3.63) is 18.0 Å². The van der Waals surface area contributed by atoms with Crippen molar-refractivity contribution in [2.75, 3.05) is 23.4 Å². The van der Waals surface area contributed by atoms with E-state index in [0.29, 0.717) is 11.7 Å². The molecule has 126 valence electrons. The summed E-state index contributed by atoms with van der Waals surface area (Å²) in [6.45, 7) is 0.686. The van der Waals surface area contributed by atoms with Gasteiger partial charge < -0.3 is 10.6 Å². The van der Waals surface area contributed by atoms with Crippen LogP contribution in [0.25, 0.3) is 11.3 Å². The van der Waals surface area contributed by atoms with Crippen molar-refractivity contribution >= 4 is 23.5 Å². The van der Waals surface area contributed by atoms with Crippen molar-refractivity contribution in [1.82, 2.24) is 19.9 Å². The highest BCUT2D eigenvalue weighted by Gasteiger charge is 2.49. The number of nitrogens with zero attached hydrogens (tertiary/aromatic N) is 5. The molecule has 9 heteroatoms. The molecule has 4 rings (SSSR count). The van der Waals surface area contributed by atoms with Crippen LogP contribution in [0.1, 0.15) is 18.4 Å². The molecule has 2 aliphatic rings. The second kappa shape index (κ2) is 5.51. The molecule has 2 aromatic heterocycles. The summed E-state index contributed by atoms with van der Waals surface area (Å²) in [4.78, 5) is 19.2. The van der Waals surface area contributed by atoms with Crippen LogP contribution >= 0.6 is 11.8 Å². The molecule has 1 saturated carbocycles. The maximum Gasteiger partial charge on any atom is 0.252 e. The number of hydrogen-bond acceptors (Lipinski definition) is 7. The maximum absolute atomic E-state index is 13.3. The highest BCUT2D eigenvalue weighted by atomic mass is 32.2. The third kappa shape index (κ3) is 2.56. The van der Waals surface area contributed by atoms with E-state index in [-0.39, 0.29) is 24.8 Å². The molecule has 0 atom stereocenters. The zero-order chi connectivity index (χ0) is 16.9. The van der Waals surface area contributed by atoms with Crippen LogP contribution in [0.15, 0.2) is 17.6 Å². The van der Waals surface area contributed by atoms with E-state index in [0.717, 1.165) is 29.1 Å². The quantitative estimate of drug-likeness (QED) is 0.672. The first kappa shape index (κ1) is 15.5. The normalized spacial score (nSPS) is 19.2. The van der Waals surface area contributed by atoms with Crippen molar-refractivity contribution in [3.63, 3.8) is 0 Å². The van der Waals surface area contributed by atoms with Gasteiger partial charge in [-0.2, -0.15) is 0 Å². The maximum atomic E-state index is 13.3. The van der Waals surface area contributed by atoms with Crippen molar-refractivity contribution in [1.29, 1.82) is 0 Å². The minimum absolute atomic E-state index is 0.106. The number of hydrogen-bond donors (Lipinski definition) is 1. The van der Waals surface area contributed by atoms with Gasteiger partial charge in [-0.05, 0) is 12.7 Å². The number of aromatic nitrogens is 4. The van der Waals surface area contributed by atoms with Crippen molar-refractivity contribution < 1.29 is 8.78 Å². The molecule has 0 unspecified atom stereocenters. The lowest BCUT2D eigenvalue weighted by Gasteiger charge is -2.41. The van der Waals surface area contributed by atoms with Crippen LogP contribution in [-0.2, 0) is 6.42 Å². The van der Waals surface area contributed by atoms with E-state index in [1.54, 1.807) is 12.4 Å². The SMILES string of the molecule is CSc1nc(-c2cnc(N)nc2)c2c(n1)N(C1CC(F)(F)C1)CC2. The van der Waals surface area contributed by atoms with E-state index in [1.165, 1.54) is 11.8 Å². The number of nitrogens with two attached hydrogens (primary N) is 1. The Hall–Kier alpha value is -2.03. The van der Waals surface area contributed by atoms with Crippen LogP contribution in [0, 0.1) is 0 Å². The van der Waals surface area contributed by atoms with E-state index in [2.05, 4.69) is 19.9 Å². The third-order valence-corrected chi connectivity index (χ3v) is 5.02. The lowest BCUT2D eigenvalue weighted by Crippen LogP contribution is -2.50. The van der Waals surface area contributed by atoms with Crippen LogP contribution in [-0.4, -0.2) is 44.7 Å². The van der Waals surface area contributed by atoms with Gasteiger partial charge in [0.1, 0.15) is 5.82 Å². The fraction of sp³-hybridized carbons (Fsp3) is 0.467. The second-order valence-corrected chi connectivity index (χ2v) is 6.83. The van der Waals surface area contributed by atoms with Gasteiger partial charge in [0.2, 0.25) is 5.95 Å². The predicted molar refractivity (Wildman–Crippen MR) is 88.3 cm³/mol. The number of thioether (sulfide) groups is 1. The van der Waals surface area contributed by atoms with Gasteiger partial charge in [0.15, 0.2) is 5.16 Å². The standard InChI is InChI=1S/C15H16F2N6S/c1-24-14-21-11(8-6-19-13(18)20-7-8)10-2-3-23(12(10)22-14)9-4-15(16,17)5-9/h6-7,9H,2-5H2,1H3,(H2,18,19,20). The van der Waals surface area contributed by atoms with Crippen molar-refractivity contribution in [2.24, 2.45) is 0 Å². The Morgan fingerprint density at radius 3 is 2.58 bits per heavy atom. The summed E-state index contributed by atoms with van der Waals surface area (Å²) < 4.78 is 26.5. The molecular weight excluding hydrogens is 334 g/mol. The molecule has 0 spiro atoms. The number of fused-ring (bicyclic) bond motifs is 1. The summed E-state index contributed by atoms with van der Waals surface area (Å²) >= 11 is 1.42. The van der Waals surface area contributed by atoms with Crippen LogP contribution in [0.2, 0.25) is 0 Å². The molecule has 3 heterocycles. The molecule has 0 aromatic carbocycles.